The molecule has 0 bridgehead atoms. The Morgan fingerprint density at radius 2 is 1.54 bits per heavy atom. The van der Waals surface area contributed by atoms with E-state index in [9.17, 15) is 35.9 Å². The molecular weight excluding hydrogens is 670 g/mol. The number of carbonyl (C=O) groups excluding carboxylic acids is 2. The molecule has 1 saturated carbocycles. The van der Waals surface area contributed by atoms with Crippen LogP contribution >= 0.6 is 0 Å². The van der Waals surface area contributed by atoms with Crippen LogP contribution in [0.3, 0.4) is 0 Å². The second-order valence-electron chi connectivity index (χ2n) is 13.1. The number of aryl methyl sites for hydroxylation is 1. The minimum Gasteiger partial charge on any atom is -0.469 e. The number of rotatable bonds is 10. The summed E-state index contributed by atoms with van der Waals surface area (Å²) in [6, 6.07) is 0.649. The minimum atomic E-state index is -5.01. The number of halogens is 6. The van der Waals surface area contributed by atoms with Gasteiger partial charge in [-0.25, -0.2) is 14.8 Å². The van der Waals surface area contributed by atoms with Crippen molar-refractivity contribution in [3.05, 3.63) is 59.7 Å². The van der Waals surface area contributed by atoms with Gasteiger partial charge in [0.05, 0.1) is 37.1 Å². The zero-order valence-corrected chi connectivity index (χ0v) is 28.0. The predicted octanol–water partition coefficient (Wildman–Crippen LogP) is 7.28. The van der Waals surface area contributed by atoms with E-state index in [1.165, 1.54) is 19.5 Å². The van der Waals surface area contributed by atoms with Gasteiger partial charge in [0.1, 0.15) is 0 Å². The van der Waals surface area contributed by atoms with Crippen LogP contribution in [0, 0.1) is 11.8 Å². The number of anilines is 1. The number of esters is 1. The van der Waals surface area contributed by atoms with Crippen molar-refractivity contribution in [2.45, 2.75) is 82.9 Å². The van der Waals surface area contributed by atoms with Gasteiger partial charge in [-0.1, -0.05) is 6.92 Å². The van der Waals surface area contributed by atoms with E-state index >= 15 is 0 Å². The zero-order valence-electron chi connectivity index (χ0n) is 28.0. The van der Waals surface area contributed by atoms with E-state index in [2.05, 4.69) is 15.1 Å². The number of amides is 1. The summed E-state index contributed by atoms with van der Waals surface area (Å²) in [5.41, 5.74) is -1.74. The molecule has 3 aromatic rings. The summed E-state index contributed by atoms with van der Waals surface area (Å²) in [6.07, 6.45) is 0.325. The van der Waals surface area contributed by atoms with Gasteiger partial charge in [-0.05, 0) is 74.1 Å². The maximum absolute atomic E-state index is 13.7. The first-order valence-corrected chi connectivity index (χ1v) is 16.5. The van der Waals surface area contributed by atoms with E-state index in [0.717, 1.165) is 31.2 Å². The van der Waals surface area contributed by atoms with E-state index in [1.54, 1.807) is 33.9 Å². The number of hydrogen-bond acceptors (Lipinski definition) is 8. The molecule has 50 heavy (non-hydrogen) atoms. The van der Waals surface area contributed by atoms with Gasteiger partial charge < -0.3 is 19.3 Å². The highest BCUT2D eigenvalue weighted by Gasteiger charge is 2.41. The van der Waals surface area contributed by atoms with Gasteiger partial charge in [-0.3, -0.25) is 9.48 Å². The number of likely N-dealkylation sites (tertiary alicyclic amines) is 1. The molecule has 3 heterocycles. The van der Waals surface area contributed by atoms with Crippen molar-refractivity contribution in [2.24, 2.45) is 18.9 Å². The Morgan fingerprint density at radius 1 is 0.920 bits per heavy atom. The number of benzene rings is 1. The predicted molar refractivity (Wildman–Crippen MR) is 169 cm³/mol. The van der Waals surface area contributed by atoms with Crippen molar-refractivity contribution in [1.29, 1.82) is 0 Å². The second-order valence-corrected chi connectivity index (χ2v) is 13.1. The second kappa shape index (κ2) is 15.3. The van der Waals surface area contributed by atoms with Crippen molar-refractivity contribution >= 4 is 18.0 Å². The number of nitrogens with zero attached hydrogens (tertiary/aromatic N) is 6. The van der Waals surface area contributed by atoms with Crippen molar-refractivity contribution in [2.75, 3.05) is 25.2 Å². The normalized spacial score (nSPS) is 21.3. The third-order valence-electron chi connectivity index (χ3n) is 9.56. The third-order valence-corrected chi connectivity index (χ3v) is 9.56. The molecular formula is C34H40F6N6O4. The topological polar surface area (TPSA) is 103 Å². The average molecular weight is 711 g/mol. The first kappa shape index (κ1) is 36.9. The van der Waals surface area contributed by atoms with Gasteiger partial charge in [0.2, 0.25) is 5.95 Å². The molecule has 1 aliphatic heterocycles. The Labute approximate surface area is 285 Å². The Balaban J connectivity index is 1.36. The molecule has 2 aliphatic rings. The number of alkyl halides is 6. The summed E-state index contributed by atoms with van der Waals surface area (Å²) in [7, 11) is 3.10. The number of carbonyl (C=O) groups is 2. The molecule has 1 aromatic carbocycles. The quantitative estimate of drug-likeness (QED) is 0.160. The number of ether oxygens (including phenoxy) is 2. The highest BCUT2D eigenvalue weighted by atomic mass is 19.4. The average Bonchev–Trinajstić information content (AvgIpc) is 3.72. The first-order valence-electron chi connectivity index (χ1n) is 16.5. The lowest BCUT2D eigenvalue weighted by atomic mass is 9.81. The van der Waals surface area contributed by atoms with Gasteiger partial charge in [-0.15, -0.1) is 0 Å². The standard InChI is InChI=1S/C34H40F6N6O4/c1-4-28-13-29(19-46(28)32(48)50-20-22-7-5-21(6-8-22)11-30(47)49-3)45(31-41-14-24(15-42-31)25-16-43-44(2)18-25)17-23-9-26(33(35,36)37)12-27(10-23)34(38,39)40/h9-10,12,14-16,18,21-22,28-29H,4-8,11,13,17,19-20H2,1-3H3/t21?,22?,28-,29+/m1/s1. The Morgan fingerprint density at radius 3 is 2.08 bits per heavy atom. The van der Waals surface area contributed by atoms with Gasteiger partial charge in [0.25, 0.3) is 0 Å². The molecule has 5 rings (SSSR count). The number of aromatic nitrogens is 4. The highest BCUT2D eigenvalue weighted by Crippen LogP contribution is 2.38. The van der Waals surface area contributed by atoms with Gasteiger partial charge in [0.15, 0.2) is 0 Å². The maximum atomic E-state index is 13.7. The lowest BCUT2D eigenvalue weighted by Crippen LogP contribution is -2.41. The summed E-state index contributed by atoms with van der Waals surface area (Å²) in [5.74, 6) is 0.210. The van der Waals surface area contributed by atoms with Crippen molar-refractivity contribution < 1.29 is 45.4 Å². The van der Waals surface area contributed by atoms with Gasteiger partial charge in [-0.2, -0.15) is 31.4 Å². The SMILES string of the molecule is CC[C@@H]1C[C@H](N(Cc2cc(C(F)(F)F)cc(C(F)(F)F)c2)c2ncc(-c3cnn(C)c3)cn2)CN1C(=O)OCC1CCC(CC(=O)OC)CC1. The molecule has 0 N–H and O–H groups in total. The number of hydrogen-bond donors (Lipinski definition) is 0. The summed E-state index contributed by atoms with van der Waals surface area (Å²) in [6.45, 7) is 1.82. The van der Waals surface area contributed by atoms with Crippen LogP contribution in [0.5, 0.6) is 0 Å². The summed E-state index contributed by atoms with van der Waals surface area (Å²) in [4.78, 5) is 37.1. The van der Waals surface area contributed by atoms with Crippen LogP contribution in [0.1, 0.15) is 68.6 Å². The Bertz CT molecular complexity index is 1590. The van der Waals surface area contributed by atoms with Crippen LogP contribution in [0.4, 0.5) is 37.1 Å². The summed E-state index contributed by atoms with van der Waals surface area (Å²) in [5, 5.41) is 4.13. The molecule has 1 amide bonds. The molecule has 0 radical (unpaired) electrons. The van der Waals surface area contributed by atoms with Crippen LogP contribution in [0.2, 0.25) is 0 Å². The van der Waals surface area contributed by atoms with Gasteiger partial charge >= 0.3 is 24.4 Å². The van der Waals surface area contributed by atoms with Crippen LogP contribution < -0.4 is 4.90 Å². The Kier molecular flexibility index (Phi) is 11.3. The van der Waals surface area contributed by atoms with Crippen LogP contribution in [-0.4, -0.2) is 69.1 Å². The first-order chi connectivity index (χ1) is 23.6. The number of methoxy groups -OCH3 is 1. The molecule has 2 atom stereocenters. The molecule has 16 heteroatoms. The van der Waals surface area contributed by atoms with Crippen LogP contribution in [0.25, 0.3) is 11.1 Å². The molecule has 1 saturated heterocycles. The monoisotopic (exact) mass is 710 g/mol. The van der Waals surface area contributed by atoms with E-state index < -0.39 is 35.6 Å². The molecule has 2 aromatic heterocycles. The smallest absolute Gasteiger partial charge is 0.416 e. The summed E-state index contributed by atoms with van der Waals surface area (Å²) >= 11 is 0. The third kappa shape index (κ3) is 9.04. The van der Waals surface area contributed by atoms with E-state index in [4.69, 9.17) is 9.47 Å². The van der Waals surface area contributed by atoms with Gasteiger partial charge in [0, 0.05) is 62.3 Å². The van der Waals surface area contributed by atoms with E-state index in [0.29, 0.717) is 37.0 Å². The van der Waals surface area contributed by atoms with E-state index in [-0.39, 0.29) is 61.1 Å². The van der Waals surface area contributed by atoms with Crippen LogP contribution in [0.15, 0.2) is 43.0 Å². The molecule has 2 fully saturated rings. The van der Waals surface area contributed by atoms with Crippen molar-refractivity contribution in [3.8, 4) is 11.1 Å². The fourth-order valence-corrected chi connectivity index (χ4v) is 6.78. The largest absolute Gasteiger partial charge is 0.469 e. The highest BCUT2D eigenvalue weighted by molar-refractivity contribution is 5.69. The molecule has 272 valence electrons. The molecule has 1 aliphatic carbocycles. The van der Waals surface area contributed by atoms with E-state index in [1.807, 2.05) is 6.92 Å². The molecule has 10 nitrogen and oxygen atoms in total. The van der Waals surface area contributed by atoms with Crippen LogP contribution in [-0.2, 0) is 40.2 Å². The van der Waals surface area contributed by atoms with Crippen molar-refractivity contribution in [1.82, 2.24) is 24.6 Å². The van der Waals surface area contributed by atoms with Crippen molar-refractivity contribution in [3.63, 3.8) is 0 Å². The molecule has 0 unspecified atom stereocenters. The Hall–Kier alpha value is -4.37. The zero-order chi connectivity index (χ0) is 36.2. The lowest BCUT2D eigenvalue weighted by Gasteiger charge is -2.30. The maximum Gasteiger partial charge on any atom is 0.416 e. The lowest BCUT2D eigenvalue weighted by molar-refractivity contribution is -0.144. The molecule has 0 spiro atoms. The summed E-state index contributed by atoms with van der Waals surface area (Å²) < 4.78 is 94.6. The fourth-order valence-electron chi connectivity index (χ4n) is 6.78. The fraction of sp³-hybridized carbons (Fsp3) is 0.559. The minimum absolute atomic E-state index is 0.0856.